The molecular formula is C24H18F4N6O4S. The van der Waals surface area contributed by atoms with Gasteiger partial charge < -0.3 is 10.6 Å². The molecule has 0 saturated heterocycles. The third kappa shape index (κ3) is 5.50. The summed E-state index contributed by atoms with van der Waals surface area (Å²) in [5.41, 5.74) is -5.54. The monoisotopic (exact) mass is 562 g/mol. The van der Waals surface area contributed by atoms with E-state index in [9.17, 15) is 35.6 Å². The van der Waals surface area contributed by atoms with Crippen LogP contribution in [0.1, 0.15) is 49.3 Å². The van der Waals surface area contributed by atoms with Gasteiger partial charge in [0.25, 0.3) is 11.8 Å². The number of sulfonamides is 1. The van der Waals surface area contributed by atoms with Crippen LogP contribution in [0.25, 0.3) is 0 Å². The van der Waals surface area contributed by atoms with Gasteiger partial charge in [0.1, 0.15) is 23.5 Å². The van der Waals surface area contributed by atoms with E-state index in [4.69, 9.17) is 5.26 Å². The molecule has 0 unspecified atom stereocenters. The van der Waals surface area contributed by atoms with Crippen LogP contribution in [0.4, 0.5) is 23.2 Å². The Kier molecular flexibility index (Phi) is 7.25. The molecule has 1 aliphatic rings. The predicted octanol–water partition coefficient (Wildman–Crippen LogP) is 2.87. The summed E-state index contributed by atoms with van der Waals surface area (Å²) < 4.78 is 77.7. The van der Waals surface area contributed by atoms with Crippen LogP contribution in [-0.2, 0) is 16.6 Å². The van der Waals surface area contributed by atoms with Gasteiger partial charge in [0.2, 0.25) is 0 Å². The largest absolute Gasteiger partial charge is 0.516 e. The van der Waals surface area contributed by atoms with E-state index in [1.165, 1.54) is 24.3 Å². The molecule has 2 heterocycles. The number of aryl methyl sites for hydroxylation is 1. The Morgan fingerprint density at radius 2 is 1.79 bits per heavy atom. The molecule has 10 nitrogen and oxygen atoms in total. The summed E-state index contributed by atoms with van der Waals surface area (Å²) in [5, 5.41) is 14.1. The van der Waals surface area contributed by atoms with Crippen molar-refractivity contribution >= 4 is 27.5 Å². The molecule has 4 rings (SSSR count). The van der Waals surface area contributed by atoms with Crippen molar-refractivity contribution in [1.29, 1.82) is 5.26 Å². The van der Waals surface area contributed by atoms with E-state index in [1.807, 2.05) is 0 Å². The first-order chi connectivity index (χ1) is 18.3. The van der Waals surface area contributed by atoms with E-state index in [0.29, 0.717) is 11.1 Å². The van der Waals surface area contributed by atoms with E-state index in [-0.39, 0.29) is 33.4 Å². The van der Waals surface area contributed by atoms with Crippen LogP contribution in [0.2, 0.25) is 0 Å². The Bertz CT molecular complexity index is 1620. The number of rotatable bonds is 6. The van der Waals surface area contributed by atoms with Crippen molar-refractivity contribution in [3.05, 3.63) is 88.3 Å². The molecule has 0 spiro atoms. The topological polar surface area (TPSA) is 145 Å². The lowest BCUT2D eigenvalue weighted by Gasteiger charge is -2.21. The molecule has 3 aromatic rings. The molecular weight excluding hydrogens is 544 g/mol. The highest BCUT2D eigenvalue weighted by Crippen LogP contribution is 2.41. The van der Waals surface area contributed by atoms with Crippen molar-refractivity contribution in [2.45, 2.75) is 25.0 Å². The molecule has 0 aliphatic carbocycles. The van der Waals surface area contributed by atoms with Crippen molar-refractivity contribution in [2.24, 2.45) is 0 Å². The number of nitriles is 1. The maximum atomic E-state index is 13.4. The third-order valence-electron chi connectivity index (χ3n) is 5.85. The molecule has 2 N–H and O–H groups in total. The van der Waals surface area contributed by atoms with Crippen LogP contribution in [0, 0.1) is 24.1 Å². The first-order valence-electron chi connectivity index (χ1n) is 11.1. The minimum absolute atomic E-state index is 0.0387. The lowest BCUT2D eigenvalue weighted by molar-refractivity contribution is -0.0438. The minimum Gasteiger partial charge on any atom is -0.347 e. The highest BCUT2D eigenvalue weighted by atomic mass is 32.2. The molecule has 0 saturated carbocycles. The number of hydrogen-bond donors (Lipinski definition) is 2. The zero-order valence-electron chi connectivity index (χ0n) is 20.0. The smallest absolute Gasteiger partial charge is 0.347 e. The fourth-order valence-corrected chi connectivity index (χ4v) is 4.90. The van der Waals surface area contributed by atoms with Crippen molar-refractivity contribution in [3.8, 4) is 6.07 Å². The number of amides is 2. The normalized spacial score (nSPS) is 14.9. The van der Waals surface area contributed by atoms with Crippen LogP contribution in [-0.4, -0.2) is 42.3 Å². The lowest BCUT2D eigenvalue weighted by Crippen LogP contribution is -2.42. The van der Waals surface area contributed by atoms with Crippen molar-refractivity contribution in [2.75, 3.05) is 10.8 Å². The Labute approximate surface area is 219 Å². The predicted molar refractivity (Wildman–Crippen MR) is 128 cm³/mol. The average Bonchev–Trinajstić information content (AvgIpc) is 3.26. The zero-order valence-corrected chi connectivity index (χ0v) is 20.8. The van der Waals surface area contributed by atoms with Gasteiger partial charge in [0, 0.05) is 18.2 Å². The average molecular weight is 563 g/mol. The molecule has 15 heteroatoms. The van der Waals surface area contributed by atoms with Gasteiger partial charge in [-0.05, 0) is 36.2 Å². The number of fused-ring (bicyclic) bond motifs is 1. The van der Waals surface area contributed by atoms with Crippen LogP contribution in [0.3, 0.4) is 0 Å². The summed E-state index contributed by atoms with van der Waals surface area (Å²) in [7, 11) is -5.83. The molecule has 0 bridgehead atoms. The van der Waals surface area contributed by atoms with Crippen LogP contribution in [0.15, 0.2) is 48.8 Å². The molecule has 0 radical (unpaired) electrons. The molecule has 2 aromatic carbocycles. The Balaban J connectivity index is 1.52. The van der Waals surface area contributed by atoms with E-state index < -0.39 is 51.4 Å². The van der Waals surface area contributed by atoms with Gasteiger partial charge in [0.05, 0.1) is 29.9 Å². The maximum Gasteiger partial charge on any atom is 0.516 e. The fourth-order valence-electron chi connectivity index (χ4n) is 3.89. The summed E-state index contributed by atoms with van der Waals surface area (Å²) >= 11 is 0. The minimum atomic E-state index is -5.83. The van der Waals surface area contributed by atoms with E-state index in [1.54, 1.807) is 19.1 Å². The third-order valence-corrected chi connectivity index (χ3v) is 7.36. The summed E-state index contributed by atoms with van der Waals surface area (Å²) in [6, 6.07) is 9.38. The van der Waals surface area contributed by atoms with E-state index >= 15 is 0 Å². The van der Waals surface area contributed by atoms with E-state index in [0.717, 1.165) is 18.5 Å². The second-order valence-corrected chi connectivity index (χ2v) is 10.3. The molecule has 1 aliphatic heterocycles. The summed E-state index contributed by atoms with van der Waals surface area (Å²) in [6.07, 6.45) is 0.939. The van der Waals surface area contributed by atoms with Gasteiger partial charge in [-0.25, -0.2) is 14.4 Å². The van der Waals surface area contributed by atoms with Crippen LogP contribution in [0.5, 0.6) is 0 Å². The SMILES string of the molecule is Cc1cc(CNC(=O)c2cc(C(=O)N[C@@H]3CN(S(=O)(=O)C(F)(F)F)c4cc(C#N)ccc43)ncn2)ccc1F. The van der Waals surface area contributed by atoms with Crippen molar-refractivity contribution in [1.82, 2.24) is 20.6 Å². The lowest BCUT2D eigenvalue weighted by atomic mass is 10.1. The quantitative estimate of drug-likeness (QED) is 0.440. The number of carbonyl (C=O) groups is 2. The first kappa shape index (κ1) is 27.5. The number of benzene rings is 2. The first-order valence-corrected chi connectivity index (χ1v) is 12.5. The number of nitrogens with zero attached hydrogens (tertiary/aromatic N) is 4. The number of nitrogens with one attached hydrogen (secondary N) is 2. The number of hydrogen-bond acceptors (Lipinski definition) is 7. The van der Waals surface area contributed by atoms with Crippen molar-refractivity contribution in [3.63, 3.8) is 0 Å². The second-order valence-electron chi connectivity index (χ2n) is 8.45. The fraction of sp³-hybridized carbons (Fsp3) is 0.208. The number of anilines is 1. The number of alkyl halides is 3. The van der Waals surface area contributed by atoms with Gasteiger partial charge in [-0.3, -0.25) is 13.9 Å². The molecule has 1 atom stereocenters. The van der Waals surface area contributed by atoms with Gasteiger partial charge in [-0.2, -0.15) is 26.9 Å². The Hall–Kier alpha value is -4.58. The number of halogens is 4. The van der Waals surface area contributed by atoms with Crippen LogP contribution < -0.4 is 14.9 Å². The molecule has 1 aromatic heterocycles. The molecule has 0 fully saturated rings. The molecule has 202 valence electrons. The van der Waals surface area contributed by atoms with Gasteiger partial charge >= 0.3 is 15.5 Å². The van der Waals surface area contributed by atoms with Gasteiger partial charge in [0.15, 0.2) is 0 Å². The number of carbonyl (C=O) groups excluding carboxylic acids is 2. The summed E-state index contributed by atoms with van der Waals surface area (Å²) in [4.78, 5) is 33.1. The highest BCUT2D eigenvalue weighted by molar-refractivity contribution is 7.93. The molecule has 2 amide bonds. The Morgan fingerprint density at radius 1 is 1.10 bits per heavy atom. The number of aromatic nitrogens is 2. The zero-order chi connectivity index (χ0) is 28.5. The maximum absolute atomic E-state index is 13.4. The second kappa shape index (κ2) is 10.3. The van der Waals surface area contributed by atoms with Gasteiger partial charge in [-0.15, -0.1) is 0 Å². The highest BCUT2D eigenvalue weighted by Gasteiger charge is 2.53. The standard InChI is InChI=1S/C24H18F4N6O4S/c1-13-6-15(3-5-17(13)25)10-30-22(35)18-8-19(32-12-31-18)23(36)33-20-11-34(39(37,38)24(26,27)28)21-7-14(9-29)2-4-16(20)21/h2-8,12,20H,10-11H2,1H3,(H,30,35)(H,33,36)/t20-/m1/s1. The van der Waals surface area contributed by atoms with Crippen molar-refractivity contribution < 1.29 is 35.6 Å². The molecule has 39 heavy (non-hydrogen) atoms. The summed E-state index contributed by atoms with van der Waals surface area (Å²) in [5.74, 6) is -1.98. The Morgan fingerprint density at radius 3 is 2.44 bits per heavy atom. The van der Waals surface area contributed by atoms with E-state index in [2.05, 4.69) is 20.6 Å². The van der Waals surface area contributed by atoms with Crippen LogP contribution >= 0.6 is 0 Å². The van der Waals surface area contributed by atoms with Gasteiger partial charge in [-0.1, -0.05) is 18.2 Å². The summed E-state index contributed by atoms with van der Waals surface area (Å²) in [6.45, 7) is 0.824.